The molecule has 0 saturated heterocycles. The molecule has 0 unspecified atom stereocenters. The molecule has 6 nitrogen and oxygen atoms in total. The lowest BCUT2D eigenvalue weighted by molar-refractivity contribution is -0.119. The van der Waals surface area contributed by atoms with Gasteiger partial charge in [-0.3, -0.25) is 4.79 Å². The third kappa shape index (κ3) is 5.10. The molecular formula is C19H19NO5S. The second-order valence-electron chi connectivity index (χ2n) is 5.09. The first-order valence-corrected chi connectivity index (χ1v) is 8.91. The SMILES string of the molecule is CCSc1ccccc1C(=O)OCC(=O)Nc1ccccc1C(=O)OC. The average molecular weight is 373 g/mol. The summed E-state index contributed by atoms with van der Waals surface area (Å²) in [5.41, 5.74) is 0.934. The second kappa shape index (κ2) is 9.62. The second-order valence-corrected chi connectivity index (χ2v) is 6.40. The third-order valence-electron chi connectivity index (χ3n) is 3.35. The smallest absolute Gasteiger partial charge is 0.339 e. The first-order chi connectivity index (χ1) is 12.6. The Morgan fingerprint density at radius 1 is 0.962 bits per heavy atom. The van der Waals surface area contributed by atoms with Gasteiger partial charge in [-0.2, -0.15) is 0 Å². The van der Waals surface area contributed by atoms with Crippen LogP contribution in [0.5, 0.6) is 0 Å². The zero-order valence-electron chi connectivity index (χ0n) is 14.5. The summed E-state index contributed by atoms with van der Waals surface area (Å²) in [4.78, 5) is 36.8. The van der Waals surface area contributed by atoms with E-state index in [1.807, 2.05) is 19.1 Å². The fourth-order valence-electron chi connectivity index (χ4n) is 2.19. The first-order valence-electron chi connectivity index (χ1n) is 7.93. The Kier molecular flexibility index (Phi) is 7.23. The molecular weight excluding hydrogens is 354 g/mol. The van der Waals surface area contributed by atoms with Crippen LogP contribution in [0.15, 0.2) is 53.4 Å². The molecule has 2 aromatic carbocycles. The number of hydrogen-bond acceptors (Lipinski definition) is 6. The predicted molar refractivity (Wildman–Crippen MR) is 99.5 cm³/mol. The van der Waals surface area contributed by atoms with Gasteiger partial charge in [0.15, 0.2) is 6.61 Å². The lowest BCUT2D eigenvalue weighted by Gasteiger charge is -2.11. The standard InChI is InChI=1S/C19H19NO5S/c1-3-26-16-11-7-5-9-14(16)19(23)25-12-17(21)20-15-10-6-4-8-13(15)18(22)24-2/h4-11H,3,12H2,1-2H3,(H,20,21). The van der Waals surface area contributed by atoms with Gasteiger partial charge in [0, 0.05) is 4.90 Å². The van der Waals surface area contributed by atoms with Crippen LogP contribution in [-0.4, -0.2) is 37.3 Å². The highest BCUT2D eigenvalue weighted by Crippen LogP contribution is 2.23. The lowest BCUT2D eigenvalue weighted by Crippen LogP contribution is -2.22. The van der Waals surface area contributed by atoms with Crippen LogP contribution in [0.25, 0.3) is 0 Å². The van der Waals surface area contributed by atoms with Gasteiger partial charge in [0.25, 0.3) is 5.91 Å². The molecule has 0 fully saturated rings. The number of amides is 1. The molecule has 0 aliphatic heterocycles. The molecule has 0 bridgehead atoms. The number of esters is 2. The molecule has 0 spiro atoms. The summed E-state index contributed by atoms with van der Waals surface area (Å²) in [6.45, 7) is 1.53. The number of rotatable bonds is 7. The number of ether oxygens (including phenoxy) is 2. The predicted octanol–water partition coefficient (Wildman–Crippen LogP) is 3.38. The molecule has 1 N–H and O–H groups in total. The molecule has 0 saturated carbocycles. The monoisotopic (exact) mass is 373 g/mol. The van der Waals surface area contributed by atoms with Crippen molar-refractivity contribution in [1.82, 2.24) is 0 Å². The Hall–Kier alpha value is -2.80. The third-order valence-corrected chi connectivity index (χ3v) is 4.30. The van der Waals surface area contributed by atoms with Crippen molar-refractivity contribution in [3.05, 3.63) is 59.7 Å². The van der Waals surface area contributed by atoms with Crippen molar-refractivity contribution < 1.29 is 23.9 Å². The first kappa shape index (κ1) is 19.5. The summed E-state index contributed by atoms with van der Waals surface area (Å²) >= 11 is 1.52. The van der Waals surface area contributed by atoms with E-state index in [2.05, 4.69) is 10.1 Å². The Balaban J connectivity index is 2.00. The maximum Gasteiger partial charge on any atom is 0.339 e. The van der Waals surface area contributed by atoms with Crippen LogP contribution >= 0.6 is 11.8 Å². The minimum atomic E-state index is -0.571. The van der Waals surface area contributed by atoms with Gasteiger partial charge in [0.1, 0.15) is 0 Å². The minimum absolute atomic E-state index is 0.222. The maximum atomic E-state index is 12.2. The van der Waals surface area contributed by atoms with Gasteiger partial charge in [-0.15, -0.1) is 11.8 Å². The maximum absolute atomic E-state index is 12.2. The fraction of sp³-hybridized carbons (Fsp3) is 0.211. The van der Waals surface area contributed by atoms with Crippen LogP contribution in [-0.2, 0) is 14.3 Å². The quantitative estimate of drug-likeness (QED) is 0.592. The summed E-state index contributed by atoms with van der Waals surface area (Å²) in [5, 5.41) is 2.55. The van der Waals surface area contributed by atoms with E-state index in [1.165, 1.54) is 24.9 Å². The van der Waals surface area contributed by atoms with Gasteiger partial charge >= 0.3 is 11.9 Å². The summed E-state index contributed by atoms with van der Waals surface area (Å²) in [6.07, 6.45) is 0. The highest BCUT2D eigenvalue weighted by molar-refractivity contribution is 7.99. The van der Waals surface area contributed by atoms with E-state index in [0.29, 0.717) is 11.3 Å². The Morgan fingerprint density at radius 3 is 2.31 bits per heavy atom. The normalized spacial score (nSPS) is 10.1. The zero-order valence-corrected chi connectivity index (χ0v) is 15.3. The Morgan fingerprint density at radius 2 is 1.62 bits per heavy atom. The summed E-state index contributed by atoms with van der Waals surface area (Å²) in [7, 11) is 1.26. The zero-order chi connectivity index (χ0) is 18.9. The number of nitrogens with one attached hydrogen (secondary N) is 1. The van der Waals surface area contributed by atoms with E-state index >= 15 is 0 Å². The molecule has 0 aliphatic carbocycles. The molecule has 2 rings (SSSR count). The van der Waals surface area contributed by atoms with Gasteiger partial charge in [0.05, 0.1) is 23.9 Å². The number of thioether (sulfide) groups is 1. The molecule has 2 aromatic rings. The molecule has 0 radical (unpaired) electrons. The Bertz CT molecular complexity index is 806. The highest BCUT2D eigenvalue weighted by Gasteiger charge is 2.16. The van der Waals surface area contributed by atoms with Crippen molar-refractivity contribution in [1.29, 1.82) is 0 Å². The van der Waals surface area contributed by atoms with Crippen molar-refractivity contribution >= 4 is 35.3 Å². The Labute approximate surface area is 155 Å². The summed E-state index contributed by atoms with van der Waals surface area (Å²) in [5.74, 6) is -0.869. The van der Waals surface area contributed by atoms with Crippen molar-refractivity contribution in [2.24, 2.45) is 0 Å². The highest BCUT2D eigenvalue weighted by atomic mass is 32.2. The molecule has 7 heteroatoms. The van der Waals surface area contributed by atoms with Crippen LogP contribution in [0.3, 0.4) is 0 Å². The summed E-state index contributed by atoms with van der Waals surface area (Å²) in [6, 6.07) is 13.5. The number of methoxy groups -OCH3 is 1. The molecule has 0 heterocycles. The van der Waals surface area contributed by atoms with Crippen LogP contribution in [0.4, 0.5) is 5.69 Å². The fourth-order valence-corrected chi connectivity index (χ4v) is 2.98. The number of benzene rings is 2. The van der Waals surface area contributed by atoms with E-state index in [0.717, 1.165) is 10.6 Å². The van der Waals surface area contributed by atoms with E-state index in [1.54, 1.807) is 30.3 Å². The molecule has 26 heavy (non-hydrogen) atoms. The van der Waals surface area contributed by atoms with Crippen LogP contribution in [0, 0.1) is 0 Å². The number of hydrogen-bond donors (Lipinski definition) is 1. The summed E-state index contributed by atoms with van der Waals surface area (Å²) < 4.78 is 9.77. The molecule has 1 amide bonds. The van der Waals surface area contributed by atoms with Crippen LogP contribution in [0.1, 0.15) is 27.6 Å². The van der Waals surface area contributed by atoms with Crippen molar-refractivity contribution in [3.63, 3.8) is 0 Å². The van der Waals surface area contributed by atoms with Crippen LogP contribution < -0.4 is 5.32 Å². The minimum Gasteiger partial charge on any atom is -0.465 e. The largest absolute Gasteiger partial charge is 0.465 e. The van der Waals surface area contributed by atoms with Gasteiger partial charge in [-0.1, -0.05) is 31.2 Å². The topological polar surface area (TPSA) is 81.7 Å². The van der Waals surface area contributed by atoms with Gasteiger partial charge < -0.3 is 14.8 Å². The molecule has 136 valence electrons. The van der Waals surface area contributed by atoms with Crippen molar-refractivity contribution in [3.8, 4) is 0 Å². The molecule has 0 atom stereocenters. The van der Waals surface area contributed by atoms with E-state index in [-0.39, 0.29) is 5.56 Å². The molecule has 0 aliphatic rings. The molecule has 0 aromatic heterocycles. The van der Waals surface area contributed by atoms with Gasteiger partial charge in [-0.05, 0) is 30.0 Å². The van der Waals surface area contributed by atoms with Gasteiger partial charge in [0.2, 0.25) is 0 Å². The van der Waals surface area contributed by atoms with E-state index < -0.39 is 24.5 Å². The van der Waals surface area contributed by atoms with Crippen LogP contribution in [0.2, 0.25) is 0 Å². The number of carbonyl (C=O) groups is 3. The average Bonchev–Trinajstić information content (AvgIpc) is 2.66. The van der Waals surface area contributed by atoms with Crippen molar-refractivity contribution in [2.45, 2.75) is 11.8 Å². The van der Waals surface area contributed by atoms with Gasteiger partial charge in [-0.25, -0.2) is 9.59 Å². The lowest BCUT2D eigenvalue weighted by atomic mass is 10.2. The number of carbonyl (C=O) groups excluding carboxylic acids is 3. The van der Waals surface area contributed by atoms with E-state index in [4.69, 9.17) is 4.74 Å². The van der Waals surface area contributed by atoms with E-state index in [9.17, 15) is 14.4 Å². The number of anilines is 1. The number of para-hydroxylation sites is 1. The van der Waals surface area contributed by atoms with Crippen molar-refractivity contribution in [2.75, 3.05) is 24.8 Å².